The Morgan fingerprint density at radius 1 is 0.442 bits per heavy atom. The highest BCUT2D eigenvalue weighted by Gasteiger charge is 2.19. The van der Waals surface area contributed by atoms with Crippen molar-refractivity contribution in [1.82, 2.24) is 9.13 Å². The average molecular weight is 661 g/mol. The Hall–Kier alpha value is -7.90. The molecule has 0 bridgehead atoms. The van der Waals surface area contributed by atoms with Crippen LogP contribution in [0.1, 0.15) is 5.56 Å². The molecule has 0 atom stereocenters. The Balaban J connectivity index is 1.36. The highest BCUT2D eigenvalue weighted by molar-refractivity contribution is 6.12. The van der Waals surface area contributed by atoms with Crippen LogP contribution in [0.5, 0.6) is 0 Å². The SMILES string of the molecule is [C-]#[N+]c1ccc2c(c1)c1cc([N+]#[C-])ccc1n2-c1ccc(-c2ccccc2[N+]#[C-])c(-c2cc(C#N)cc(-n3c4ccccc4c4ccccc43)c2)c1. The maximum Gasteiger partial charge on any atom is 0.194 e. The van der Waals surface area contributed by atoms with E-state index in [0.717, 1.165) is 77.2 Å². The fourth-order valence-corrected chi connectivity index (χ4v) is 7.52. The molecule has 0 saturated carbocycles. The second kappa shape index (κ2) is 11.9. The van der Waals surface area contributed by atoms with Crippen LogP contribution in [0.4, 0.5) is 17.1 Å². The molecule has 6 nitrogen and oxygen atoms in total. The first kappa shape index (κ1) is 30.2. The van der Waals surface area contributed by atoms with Crippen molar-refractivity contribution in [3.63, 3.8) is 0 Å². The summed E-state index contributed by atoms with van der Waals surface area (Å²) in [6.45, 7) is 23.3. The van der Waals surface area contributed by atoms with Crippen LogP contribution in [0.25, 0.3) is 91.8 Å². The van der Waals surface area contributed by atoms with Crippen molar-refractivity contribution in [3.8, 4) is 39.7 Å². The van der Waals surface area contributed by atoms with Crippen molar-refractivity contribution in [2.45, 2.75) is 0 Å². The minimum atomic E-state index is 0.513. The lowest BCUT2D eigenvalue weighted by Gasteiger charge is -2.17. The molecule has 0 fully saturated rings. The summed E-state index contributed by atoms with van der Waals surface area (Å²) in [4.78, 5) is 11.2. The van der Waals surface area contributed by atoms with E-state index in [9.17, 15) is 5.26 Å². The van der Waals surface area contributed by atoms with Crippen molar-refractivity contribution in [1.29, 1.82) is 5.26 Å². The molecule has 6 heteroatoms. The third kappa shape index (κ3) is 4.62. The van der Waals surface area contributed by atoms with Gasteiger partial charge in [-0.25, -0.2) is 14.5 Å². The summed E-state index contributed by atoms with van der Waals surface area (Å²) in [5.74, 6) is 0. The van der Waals surface area contributed by atoms with Crippen LogP contribution in [-0.2, 0) is 0 Å². The third-order valence-electron chi connectivity index (χ3n) is 9.76. The Morgan fingerprint density at radius 2 is 1.02 bits per heavy atom. The van der Waals surface area contributed by atoms with Gasteiger partial charge in [0, 0.05) is 22.1 Å². The molecular weight excluding hydrogens is 637 g/mol. The van der Waals surface area contributed by atoms with E-state index < -0.39 is 0 Å². The third-order valence-corrected chi connectivity index (χ3v) is 9.76. The van der Waals surface area contributed by atoms with Crippen LogP contribution in [0.3, 0.4) is 0 Å². The van der Waals surface area contributed by atoms with Gasteiger partial charge in [0.05, 0.1) is 53.4 Å². The molecule has 7 aromatic carbocycles. The largest absolute Gasteiger partial charge is 0.309 e. The maximum absolute atomic E-state index is 10.4. The number of rotatable bonds is 4. The zero-order valence-electron chi connectivity index (χ0n) is 27.5. The van der Waals surface area contributed by atoms with Gasteiger partial charge in [-0.3, -0.25) is 0 Å². The van der Waals surface area contributed by atoms with E-state index >= 15 is 0 Å². The molecule has 0 unspecified atom stereocenters. The van der Waals surface area contributed by atoms with E-state index in [2.05, 4.69) is 66.1 Å². The highest BCUT2D eigenvalue weighted by Crippen LogP contribution is 2.43. The quantitative estimate of drug-likeness (QED) is 0.173. The van der Waals surface area contributed by atoms with Gasteiger partial charge in [-0.05, 0) is 99.8 Å². The normalized spacial score (nSPS) is 11.0. The monoisotopic (exact) mass is 660 g/mol. The van der Waals surface area contributed by atoms with Crippen LogP contribution in [-0.4, -0.2) is 9.13 Å². The summed E-state index contributed by atoms with van der Waals surface area (Å²) in [7, 11) is 0. The molecule has 9 rings (SSSR count). The molecule has 2 heterocycles. The number of hydrogen-bond donors (Lipinski definition) is 0. The van der Waals surface area contributed by atoms with E-state index in [1.54, 1.807) is 0 Å². The fourth-order valence-electron chi connectivity index (χ4n) is 7.52. The number of benzene rings is 7. The predicted octanol–water partition coefficient (Wildman–Crippen LogP) is 12.7. The number of aromatic nitrogens is 2. The van der Waals surface area contributed by atoms with Gasteiger partial charge in [0.2, 0.25) is 0 Å². The summed E-state index contributed by atoms with van der Waals surface area (Å²) < 4.78 is 4.37. The minimum Gasteiger partial charge on any atom is -0.309 e. The molecule has 2 aromatic heterocycles. The zero-order chi connectivity index (χ0) is 35.3. The molecule has 52 heavy (non-hydrogen) atoms. The summed E-state index contributed by atoms with van der Waals surface area (Å²) in [5, 5.41) is 14.4. The van der Waals surface area contributed by atoms with E-state index in [4.69, 9.17) is 19.7 Å². The number of fused-ring (bicyclic) bond motifs is 6. The van der Waals surface area contributed by atoms with E-state index in [0.29, 0.717) is 22.6 Å². The summed E-state index contributed by atoms with van der Waals surface area (Å²) in [6.07, 6.45) is 0. The Bertz CT molecular complexity index is 3010. The van der Waals surface area contributed by atoms with Crippen LogP contribution in [0, 0.1) is 31.0 Å². The second-order valence-electron chi connectivity index (χ2n) is 12.6. The van der Waals surface area contributed by atoms with Gasteiger partial charge in [-0.1, -0.05) is 78.9 Å². The molecular formula is C46H24N6. The lowest BCUT2D eigenvalue weighted by atomic mass is 9.92. The fraction of sp³-hybridized carbons (Fsp3) is 0. The van der Waals surface area contributed by atoms with Gasteiger partial charge in [0.1, 0.15) is 0 Å². The van der Waals surface area contributed by atoms with Gasteiger partial charge in [-0.2, -0.15) is 5.26 Å². The number of nitriles is 1. The summed E-state index contributed by atoms with van der Waals surface area (Å²) in [5.41, 5.74) is 11.1. The van der Waals surface area contributed by atoms with Gasteiger partial charge in [-0.15, -0.1) is 0 Å². The van der Waals surface area contributed by atoms with Gasteiger partial charge in [0.25, 0.3) is 0 Å². The molecule has 0 aliphatic heterocycles. The van der Waals surface area contributed by atoms with Crippen molar-refractivity contribution < 1.29 is 0 Å². The van der Waals surface area contributed by atoms with Crippen molar-refractivity contribution in [2.24, 2.45) is 0 Å². The lowest BCUT2D eigenvalue weighted by molar-refractivity contribution is 1.17. The molecule has 0 aliphatic rings. The molecule has 238 valence electrons. The second-order valence-corrected chi connectivity index (χ2v) is 12.6. The molecule has 0 amide bonds. The average Bonchev–Trinajstić information content (AvgIpc) is 3.72. The topological polar surface area (TPSA) is 46.7 Å². The minimum absolute atomic E-state index is 0.513. The Kier molecular flexibility index (Phi) is 6.91. The number of para-hydroxylation sites is 3. The predicted molar refractivity (Wildman–Crippen MR) is 209 cm³/mol. The first-order valence-electron chi connectivity index (χ1n) is 16.6. The van der Waals surface area contributed by atoms with Crippen LogP contribution in [0.15, 0.2) is 146 Å². The molecule has 9 aromatic rings. The summed E-state index contributed by atoms with van der Waals surface area (Å²) in [6, 6.07) is 50.1. The molecule has 0 aliphatic carbocycles. The molecule has 0 radical (unpaired) electrons. The van der Waals surface area contributed by atoms with Crippen LogP contribution < -0.4 is 0 Å². The first-order valence-corrected chi connectivity index (χ1v) is 16.6. The molecule has 0 N–H and O–H groups in total. The Labute approximate surface area is 299 Å². The molecule has 0 spiro atoms. The number of nitrogens with zero attached hydrogens (tertiary/aromatic N) is 6. The highest BCUT2D eigenvalue weighted by atomic mass is 15.0. The van der Waals surface area contributed by atoms with Crippen molar-refractivity contribution >= 4 is 60.7 Å². The number of hydrogen-bond acceptors (Lipinski definition) is 1. The van der Waals surface area contributed by atoms with Crippen LogP contribution in [0.2, 0.25) is 0 Å². The van der Waals surface area contributed by atoms with Gasteiger partial charge < -0.3 is 9.13 Å². The van der Waals surface area contributed by atoms with E-state index in [1.165, 1.54) is 0 Å². The molecule has 0 saturated heterocycles. The first-order chi connectivity index (χ1) is 25.6. The maximum atomic E-state index is 10.4. The lowest BCUT2D eigenvalue weighted by Crippen LogP contribution is -1.98. The van der Waals surface area contributed by atoms with Gasteiger partial charge >= 0.3 is 0 Å². The zero-order valence-corrected chi connectivity index (χ0v) is 27.5. The van der Waals surface area contributed by atoms with Crippen LogP contribution >= 0.6 is 0 Å². The van der Waals surface area contributed by atoms with E-state index in [-0.39, 0.29) is 0 Å². The van der Waals surface area contributed by atoms with E-state index in [1.807, 2.05) is 109 Å². The smallest absolute Gasteiger partial charge is 0.194 e. The van der Waals surface area contributed by atoms with Crippen molar-refractivity contribution in [2.75, 3.05) is 0 Å². The summed E-state index contributed by atoms with van der Waals surface area (Å²) >= 11 is 0. The van der Waals surface area contributed by atoms with Gasteiger partial charge in [0.15, 0.2) is 17.1 Å². The Morgan fingerprint density at radius 3 is 1.63 bits per heavy atom. The standard InChI is InChI=1S/C46H24N6/c1-48-31-16-20-45-40(25-31)41-26-32(49-2)17-21-46(41)51(45)33-18-19-35(36-10-4-7-13-42(36)50-3)39(27-33)30-22-29(28-47)23-34(24-30)52-43-14-8-5-11-37(43)38-12-6-9-15-44(38)52/h4-27H. The van der Waals surface area contributed by atoms with Crippen molar-refractivity contribution in [3.05, 3.63) is 185 Å².